The van der Waals surface area contributed by atoms with Gasteiger partial charge >= 0.3 is 11.9 Å². The van der Waals surface area contributed by atoms with Crippen LogP contribution in [0.5, 0.6) is 0 Å². The second-order valence-electron chi connectivity index (χ2n) is 5.02. The molecular weight excluding hydrogens is 252 g/mol. The smallest absolute Gasteiger partial charge is 0.325 e. The third-order valence-corrected chi connectivity index (χ3v) is 1.99. The van der Waals surface area contributed by atoms with Crippen LogP contribution in [0.1, 0.15) is 20.8 Å². The Morgan fingerprint density at radius 1 is 1.11 bits per heavy atom. The molecule has 19 heavy (non-hydrogen) atoms. The van der Waals surface area contributed by atoms with E-state index in [-0.39, 0.29) is 25.5 Å². The molecule has 7 nitrogen and oxygen atoms in total. The average molecular weight is 274 g/mol. The van der Waals surface area contributed by atoms with E-state index >= 15 is 0 Å². The highest BCUT2D eigenvalue weighted by atomic mass is 16.6. The Labute approximate surface area is 113 Å². The van der Waals surface area contributed by atoms with Crippen LogP contribution < -0.4 is 5.32 Å². The van der Waals surface area contributed by atoms with Crippen molar-refractivity contribution in [3.8, 4) is 0 Å². The van der Waals surface area contributed by atoms with Crippen LogP contribution in [0.2, 0.25) is 0 Å². The van der Waals surface area contributed by atoms with Gasteiger partial charge in [0.25, 0.3) is 0 Å². The lowest BCUT2D eigenvalue weighted by Crippen LogP contribution is -2.41. The van der Waals surface area contributed by atoms with E-state index in [4.69, 9.17) is 4.74 Å². The maximum atomic E-state index is 11.6. The molecule has 1 N–H and O–H groups in total. The van der Waals surface area contributed by atoms with E-state index in [1.165, 1.54) is 19.1 Å². The van der Waals surface area contributed by atoms with Gasteiger partial charge in [0.05, 0.1) is 20.2 Å². The van der Waals surface area contributed by atoms with Crippen LogP contribution in [0.25, 0.3) is 0 Å². The summed E-state index contributed by atoms with van der Waals surface area (Å²) in [5.74, 6) is -1.24. The Kier molecular flexibility index (Phi) is 7.06. The van der Waals surface area contributed by atoms with E-state index in [1.54, 1.807) is 20.8 Å². The Morgan fingerprint density at radius 3 is 2.16 bits per heavy atom. The number of esters is 2. The molecule has 0 rings (SSSR count). The molecule has 0 unspecified atom stereocenters. The molecule has 0 aliphatic heterocycles. The van der Waals surface area contributed by atoms with Crippen molar-refractivity contribution in [1.82, 2.24) is 10.2 Å². The van der Waals surface area contributed by atoms with Crippen molar-refractivity contribution in [1.29, 1.82) is 0 Å². The van der Waals surface area contributed by atoms with Crippen molar-refractivity contribution in [2.75, 3.05) is 33.8 Å². The molecule has 0 aromatic heterocycles. The van der Waals surface area contributed by atoms with Crippen molar-refractivity contribution in [3.05, 3.63) is 0 Å². The van der Waals surface area contributed by atoms with Gasteiger partial charge in [0.2, 0.25) is 5.91 Å². The van der Waals surface area contributed by atoms with Gasteiger partial charge in [0.15, 0.2) is 0 Å². The van der Waals surface area contributed by atoms with E-state index in [1.807, 2.05) is 0 Å². The number of carbonyl (C=O) groups is 3. The standard InChI is InChI=1S/C12H22N2O5/c1-12(2,3)19-10(16)7-13-6-9(15)14(4)8-11(17)18-5/h13H,6-8H2,1-5H3. The molecule has 0 atom stereocenters. The minimum Gasteiger partial charge on any atom is -0.468 e. The zero-order valence-electron chi connectivity index (χ0n) is 12.1. The van der Waals surface area contributed by atoms with E-state index in [9.17, 15) is 14.4 Å². The van der Waals surface area contributed by atoms with Crippen LogP contribution in [0.3, 0.4) is 0 Å². The van der Waals surface area contributed by atoms with Crippen LogP contribution in [0.15, 0.2) is 0 Å². The fourth-order valence-corrected chi connectivity index (χ4v) is 1.13. The lowest BCUT2D eigenvalue weighted by Gasteiger charge is -2.20. The molecule has 1 amide bonds. The molecule has 7 heteroatoms. The number of ether oxygens (including phenoxy) is 2. The summed E-state index contributed by atoms with van der Waals surface area (Å²) in [5.41, 5.74) is -0.551. The fraction of sp³-hybridized carbons (Fsp3) is 0.750. The van der Waals surface area contributed by atoms with Crippen molar-refractivity contribution in [3.63, 3.8) is 0 Å². The number of nitrogens with one attached hydrogen (secondary N) is 1. The molecule has 0 heterocycles. The first kappa shape index (κ1) is 17.4. The predicted octanol–water partition coefficient (Wildman–Crippen LogP) is -0.451. The van der Waals surface area contributed by atoms with Gasteiger partial charge in [-0.1, -0.05) is 0 Å². The topological polar surface area (TPSA) is 84.9 Å². The highest BCUT2D eigenvalue weighted by Gasteiger charge is 2.17. The Hall–Kier alpha value is -1.63. The molecule has 0 aliphatic rings. The summed E-state index contributed by atoms with van der Waals surface area (Å²) in [7, 11) is 2.73. The van der Waals surface area contributed by atoms with E-state index in [0.717, 1.165) is 0 Å². The highest BCUT2D eigenvalue weighted by Crippen LogP contribution is 2.06. The minimum atomic E-state index is -0.551. The maximum Gasteiger partial charge on any atom is 0.325 e. The molecule has 0 radical (unpaired) electrons. The number of rotatable bonds is 6. The first-order chi connectivity index (χ1) is 8.65. The first-order valence-electron chi connectivity index (χ1n) is 5.89. The third-order valence-electron chi connectivity index (χ3n) is 1.99. The van der Waals surface area contributed by atoms with E-state index in [2.05, 4.69) is 10.1 Å². The van der Waals surface area contributed by atoms with Crippen molar-refractivity contribution in [2.24, 2.45) is 0 Å². The molecule has 0 fully saturated rings. The zero-order valence-corrected chi connectivity index (χ0v) is 12.1. The largest absolute Gasteiger partial charge is 0.468 e. The van der Waals surface area contributed by atoms with Gasteiger partial charge in [-0.05, 0) is 20.8 Å². The lowest BCUT2D eigenvalue weighted by atomic mass is 10.2. The molecule has 0 aromatic carbocycles. The number of amides is 1. The van der Waals surface area contributed by atoms with E-state index in [0.29, 0.717) is 0 Å². The summed E-state index contributed by atoms with van der Waals surface area (Å²) < 4.78 is 9.50. The van der Waals surface area contributed by atoms with Gasteiger partial charge in [0, 0.05) is 7.05 Å². The zero-order chi connectivity index (χ0) is 15.1. The van der Waals surface area contributed by atoms with E-state index < -0.39 is 17.5 Å². The Bertz CT molecular complexity index is 336. The number of nitrogens with zero attached hydrogens (tertiary/aromatic N) is 1. The van der Waals surface area contributed by atoms with Crippen molar-refractivity contribution in [2.45, 2.75) is 26.4 Å². The molecule has 0 spiro atoms. The summed E-state index contributed by atoms with van der Waals surface area (Å²) in [6, 6.07) is 0. The van der Waals surface area contributed by atoms with Crippen LogP contribution in [-0.2, 0) is 23.9 Å². The Balaban J connectivity index is 3.91. The van der Waals surface area contributed by atoms with Crippen molar-refractivity contribution >= 4 is 17.8 Å². The second-order valence-corrected chi connectivity index (χ2v) is 5.02. The summed E-state index contributed by atoms with van der Waals surface area (Å²) >= 11 is 0. The van der Waals surface area contributed by atoms with Gasteiger partial charge in [0.1, 0.15) is 12.1 Å². The van der Waals surface area contributed by atoms with Gasteiger partial charge in [-0.3, -0.25) is 19.7 Å². The normalized spacial score (nSPS) is 10.8. The molecule has 0 saturated carbocycles. The van der Waals surface area contributed by atoms with Crippen LogP contribution >= 0.6 is 0 Å². The summed E-state index contributed by atoms with van der Waals surface area (Å²) in [6.45, 7) is 5.06. The molecule has 0 aliphatic carbocycles. The number of methoxy groups -OCH3 is 1. The molecule has 0 aromatic rings. The highest BCUT2D eigenvalue weighted by molar-refractivity contribution is 5.83. The monoisotopic (exact) mass is 274 g/mol. The van der Waals surface area contributed by atoms with Crippen LogP contribution in [-0.4, -0.2) is 62.1 Å². The van der Waals surface area contributed by atoms with Crippen LogP contribution in [0.4, 0.5) is 0 Å². The second kappa shape index (κ2) is 7.73. The number of hydrogen-bond donors (Lipinski definition) is 1. The minimum absolute atomic E-state index is 0.0489. The lowest BCUT2D eigenvalue weighted by molar-refractivity contribution is -0.153. The molecule has 110 valence electrons. The quantitative estimate of drug-likeness (QED) is 0.660. The van der Waals surface area contributed by atoms with Gasteiger partial charge in [-0.2, -0.15) is 0 Å². The SMILES string of the molecule is COC(=O)CN(C)C(=O)CNCC(=O)OC(C)(C)C. The van der Waals surface area contributed by atoms with Gasteiger partial charge < -0.3 is 14.4 Å². The molecule has 0 bridgehead atoms. The fourth-order valence-electron chi connectivity index (χ4n) is 1.13. The molecular formula is C12H22N2O5. The summed E-state index contributed by atoms with van der Waals surface area (Å²) in [4.78, 5) is 35.1. The first-order valence-corrected chi connectivity index (χ1v) is 5.89. The predicted molar refractivity (Wildman–Crippen MR) is 68.4 cm³/mol. The van der Waals surface area contributed by atoms with Crippen LogP contribution in [0, 0.1) is 0 Å². The summed E-state index contributed by atoms with van der Waals surface area (Å²) in [5, 5.41) is 2.66. The average Bonchev–Trinajstić information content (AvgIpc) is 2.25. The van der Waals surface area contributed by atoms with Gasteiger partial charge in [-0.25, -0.2) is 0 Å². The number of carbonyl (C=O) groups excluding carboxylic acids is 3. The van der Waals surface area contributed by atoms with Crippen molar-refractivity contribution < 1.29 is 23.9 Å². The third kappa shape index (κ3) is 9.01. The summed E-state index contributed by atoms with van der Waals surface area (Å²) in [6.07, 6.45) is 0. The number of hydrogen-bond acceptors (Lipinski definition) is 6. The molecule has 0 saturated heterocycles. The van der Waals surface area contributed by atoms with Gasteiger partial charge in [-0.15, -0.1) is 0 Å². The number of likely N-dealkylation sites (N-methyl/N-ethyl adjacent to an activating group) is 1. The maximum absolute atomic E-state index is 11.6. The Morgan fingerprint density at radius 2 is 1.68 bits per heavy atom.